The molecule has 0 saturated carbocycles. The summed E-state index contributed by atoms with van der Waals surface area (Å²) in [4.78, 5) is 14.9. The number of carbonyl (C=O) groups is 1. The van der Waals surface area contributed by atoms with Crippen molar-refractivity contribution in [2.75, 3.05) is 0 Å². The summed E-state index contributed by atoms with van der Waals surface area (Å²) in [6.07, 6.45) is -5.17. The number of aromatic nitrogens is 1. The van der Waals surface area contributed by atoms with E-state index in [9.17, 15) is 31.1 Å². The summed E-state index contributed by atoms with van der Waals surface area (Å²) in [6, 6.07) is 2.11. The minimum absolute atomic E-state index is 0.629. The minimum Gasteiger partial charge on any atom is -0.335 e. The number of hydrogen-bond donors (Lipinski definition) is 1. The van der Waals surface area contributed by atoms with Crippen LogP contribution in [0.15, 0.2) is 36.4 Å². The SMILES string of the molecule is O=C(NC(c1c(F)cccc1F)C(F)(F)F)c1cccc(F)n1. The molecule has 0 spiro atoms. The van der Waals surface area contributed by atoms with Gasteiger partial charge in [0.1, 0.15) is 17.3 Å². The van der Waals surface area contributed by atoms with E-state index >= 15 is 0 Å². The molecule has 1 heterocycles. The Kier molecular flexibility index (Phi) is 4.57. The Morgan fingerprint density at radius 2 is 1.57 bits per heavy atom. The summed E-state index contributed by atoms with van der Waals surface area (Å²) in [6.45, 7) is 0. The van der Waals surface area contributed by atoms with E-state index in [0.717, 1.165) is 24.3 Å². The molecule has 0 aliphatic heterocycles. The summed E-state index contributed by atoms with van der Waals surface area (Å²) < 4.78 is 79.3. The van der Waals surface area contributed by atoms with Gasteiger partial charge in [0, 0.05) is 0 Å². The van der Waals surface area contributed by atoms with Crippen molar-refractivity contribution in [1.82, 2.24) is 10.3 Å². The molecular formula is C14H8F6N2O. The molecule has 122 valence electrons. The van der Waals surface area contributed by atoms with Gasteiger partial charge in [-0.2, -0.15) is 17.6 Å². The highest BCUT2D eigenvalue weighted by Crippen LogP contribution is 2.35. The fraction of sp³-hybridized carbons (Fsp3) is 0.143. The molecule has 2 rings (SSSR count). The van der Waals surface area contributed by atoms with Crippen LogP contribution in [0.2, 0.25) is 0 Å². The first-order chi connectivity index (χ1) is 10.7. The Morgan fingerprint density at radius 3 is 2.09 bits per heavy atom. The number of hydrogen-bond acceptors (Lipinski definition) is 2. The summed E-state index contributed by atoms with van der Waals surface area (Å²) >= 11 is 0. The maximum absolute atomic E-state index is 13.6. The number of rotatable bonds is 3. The van der Waals surface area contributed by atoms with Crippen LogP contribution in [0, 0.1) is 17.6 Å². The molecule has 1 N–H and O–H groups in total. The van der Waals surface area contributed by atoms with E-state index < -0.39 is 47.0 Å². The lowest BCUT2D eigenvalue weighted by Crippen LogP contribution is -2.39. The summed E-state index contributed by atoms with van der Waals surface area (Å²) in [5.74, 6) is -5.45. The summed E-state index contributed by atoms with van der Waals surface area (Å²) in [7, 11) is 0. The molecule has 1 atom stereocenters. The Labute approximate surface area is 126 Å². The van der Waals surface area contributed by atoms with E-state index in [1.165, 1.54) is 5.32 Å². The van der Waals surface area contributed by atoms with Gasteiger partial charge in [0.2, 0.25) is 5.95 Å². The van der Waals surface area contributed by atoms with Gasteiger partial charge < -0.3 is 5.32 Å². The maximum atomic E-state index is 13.6. The lowest BCUT2D eigenvalue weighted by Gasteiger charge is -2.22. The Morgan fingerprint density at radius 1 is 1.00 bits per heavy atom. The van der Waals surface area contributed by atoms with Crippen molar-refractivity contribution in [1.29, 1.82) is 0 Å². The molecule has 0 fully saturated rings. The Bertz CT molecular complexity index is 711. The largest absolute Gasteiger partial charge is 0.413 e. The van der Waals surface area contributed by atoms with Crippen LogP contribution in [0.25, 0.3) is 0 Å². The van der Waals surface area contributed by atoms with Gasteiger partial charge in [0.25, 0.3) is 5.91 Å². The average molecular weight is 334 g/mol. The van der Waals surface area contributed by atoms with Crippen LogP contribution in [-0.4, -0.2) is 17.1 Å². The molecule has 0 radical (unpaired) electrons. The molecule has 1 amide bonds. The second-order valence-corrected chi connectivity index (χ2v) is 4.43. The standard InChI is InChI=1S/C14H8F6N2O/c15-7-3-1-4-8(16)11(7)12(14(18,19)20)22-13(23)9-5-2-6-10(17)21-9/h1-6,12H,(H,22,23). The predicted octanol–water partition coefficient (Wildman–Crippen LogP) is 3.53. The number of benzene rings is 1. The van der Waals surface area contributed by atoms with Crippen LogP contribution in [0.4, 0.5) is 26.3 Å². The average Bonchev–Trinajstić information content (AvgIpc) is 2.44. The zero-order valence-electron chi connectivity index (χ0n) is 11.2. The van der Waals surface area contributed by atoms with Crippen LogP contribution >= 0.6 is 0 Å². The van der Waals surface area contributed by atoms with Crippen LogP contribution in [-0.2, 0) is 0 Å². The van der Waals surface area contributed by atoms with Gasteiger partial charge in [-0.05, 0) is 24.3 Å². The molecule has 0 aliphatic rings. The first-order valence-corrected chi connectivity index (χ1v) is 6.14. The quantitative estimate of drug-likeness (QED) is 0.689. The number of nitrogens with zero attached hydrogens (tertiary/aromatic N) is 1. The van der Waals surface area contributed by atoms with Gasteiger partial charge in [-0.1, -0.05) is 12.1 Å². The fourth-order valence-corrected chi connectivity index (χ4v) is 1.84. The highest BCUT2D eigenvalue weighted by atomic mass is 19.4. The topological polar surface area (TPSA) is 42.0 Å². The van der Waals surface area contributed by atoms with Crippen molar-refractivity contribution in [3.63, 3.8) is 0 Å². The third kappa shape index (κ3) is 3.79. The van der Waals surface area contributed by atoms with E-state index in [4.69, 9.17) is 0 Å². The van der Waals surface area contributed by atoms with Gasteiger partial charge in [-0.25, -0.2) is 13.8 Å². The van der Waals surface area contributed by atoms with Gasteiger partial charge in [-0.3, -0.25) is 4.79 Å². The molecule has 3 nitrogen and oxygen atoms in total. The number of halogens is 6. The molecule has 23 heavy (non-hydrogen) atoms. The van der Waals surface area contributed by atoms with Crippen molar-refractivity contribution >= 4 is 5.91 Å². The predicted molar refractivity (Wildman–Crippen MR) is 66.8 cm³/mol. The van der Waals surface area contributed by atoms with E-state index in [-0.39, 0.29) is 0 Å². The summed E-state index contributed by atoms with van der Waals surface area (Å²) in [5.41, 5.74) is -2.01. The highest BCUT2D eigenvalue weighted by molar-refractivity contribution is 5.92. The highest BCUT2D eigenvalue weighted by Gasteiger charge is 2.45. The molecule has 2 aromatic rings. The Balaban J connectivity index is 2.40. The van der Waals surface area contributed by atoms with Gasteiger partial charge in [0.05, 0.1) is 5.56 Å². The first kappa shape index (κ1) is 16.8. The zero-order valence-corrected chi connectivity index (χ0v) is 11.2. The fourth-order valence-electron chi connectivity index (χ4n) is 1.84. The van der Waals surface area contributed by atoms with E-state index in [2.05, 4.69) is 4.98 Å². The van der Waals surface area contributed by atoms with E-state index in [1.54, 1.807) is 0 Å². The third-order valence-corrected chi connectivity index (χ3v) is 2.84. The van der Waals surface area contributed by atoms with Crippen molar-refractivity contribution < 1.29 is 31.1 Å². The normalized spacial score (nSPS) is 12.8. The minimum atomic E-state index is -5.17. The number of carbonyl (C=O) groups excluding carboxylic acids is 1. The molecular weight excluding hydrogens is 326 g/mol. The summed E-state index contributed by atoms with van der Waals surface area (Å²) in [5, 5.41) is 1.43. The van der Waals surface area contributed by atoms with Crippen LogP contribution in [0.3, 0.4) is 0 Å². The number of alkyl halides is 3. The van der Waals surface area contributed by atoms with Crippen LogP contribution in [0.1, 0.15) is 22.1 Å². The number of pyridine rings is 1. The third-order valence-electron chi connectivity index (χ3n) is 2.84. The van der Waals surface area contributed by atoms with Crippen molar-refractivity contribution in [2.24, 2.45) is 0 Å². The number of amides is 1. The van der Waals surface area contributed by atoms with E-state index in [0.29, 0.717) is 12.1 Å². The molecule has 1 unspecified atom stereocenters. The number of nitrogens with one attached hydrogen (secondary N) is 1. The first-order valence-electron chi connectivity index (χ1n) is 6.14. The molecule has 0 bridgehead atoms. The maximum Gasteiger partial charge on any atom is 0.413 e. The molecule has 1 aromatic carbocycles. The monoisotopic (exact) mass is 334 g/mol. The Hall–Kier alpha value is -2.58. The van der Waals surface area contributed by atoms with Crippen LogP contribution < -0.4 is 5.32 Å². The van der Waals surface area contributed by atoms with Gasteiger partial charge in [0.15, 0.2) is 6.04 Å². The lowest BCUT2D eigenvalue weighted by molar-refractivity contribution is -0.156. The van der Waals surface area contributed by atoms with Gasteiger partial charge >= 0.3 is 6.18 Å². The lowest BCUT2D eigenvalue weighted by atomic mass is 10.0. The van der Waals surface area contributed by atoms with Crippen molar-refractivity contribution in [2.45, 2.75) is 12.2 Å². The van der Waals surface area contributed by atoms with Crippen LogP contribution in [0.5, 0.6) is 0 Å². The second kappa shape index (κ2) is 6.27. The molecule has 0 aliphatic carbocycles. The zero-order chi connectivity index (χ0) is 17.2. The van der Waals surface area contributed by atoms with Gasteiger partial charge in [-0.15, -0.1) is 0 Å². The van der Waals surface area contributed by atoms with Crippen molar-refractivity contribution in [3.05, 3.63) is 65.2 Å². The molecule has 9 heteroatoms. The van der Waals surface area contributed by atoms with E-state index in [1.807, 2.05) is 0 Å². The molecule has 0 saturated heterocycles. The van der Waals surface area contributed by atoms with Crippen molar-refractivity contribution in [3.8, 4) is 0 Å². The second-order valence-electron chi connectivity index (χ2n) is 4.43. The smallest absolute Gasteiger partial charge is 0.335 e. The molecule has 1 aromatic heterocycles.